The van der Waals surface area contributed by atoms with E-state index in [9.17, 15) is 0 Å². The lowest BCUT2D eigenvalue weighted by Crippen LogP contribution is -2.41. The van der Waals surface area contributed by atoms with Gasteiger partial charge in [0.25, 0.3) is 0 Å². The second-order valence-electron chi connectivity index (χ2n) is 6.29. The van der Waals surface area contributed by atoms with Crippen LogP contribution < -0.4 is 5.32 Å². The summed E-state index contributed by atoms with van der Waals surface area (Å²) in [6.45, 7) is 13.1. The van der Waals surface area contributed by atoms with Gasteiger partial charge < -0.3 is 5.32 Å². The molecule has 0 bridgehead atoms. The van der Waals surface area contributed by atoms with E-state index in [1.165, 1.54) is 32.2 Å². The smallest absolute Gasteiger partial charge is 0.00695 e. The molecule has 90 valence electrons. The molecule has 1 rings (SSSR count). The lowest BCUT2D eigenvalue weighted by atomic mass is 9.66. The first kappa shape index (κ1) is 13.0. The van der Waals surface area contributed by atoms with Crippen molar-refractivity contribution in [2.75, 3.05) is 6.54 Å². The Hall–Kier alpha value is -0.0400. The Kier molecular flexibility index (Phi) is 4.64. The van der Waals surface area contributed by atoms with Gasteiger partial charge in [0.15, 0.2) is 0 Å². The Bertz CT molecular complexity index is 186. The predicted octanol–water partition coefficient (Wildman–Crippen LogP) is 3.84. The molecule has 0 amide bonds. The molecule has 1 N–H and O–H groups in total. The molecule has 0 aromatic heterocycles. The minimum atomic E-state index is 0.584. The van der Waals surface area contributed by atoms with Gasteiger partial charge in [0.05, 0.1) is 0 Å². The molecule has 0 saturated heterocycles. The highest BCUT2D eigenvalue weighted by molar-refractivity contribution is 4.87. The van der Waals surface area contributed by atoms with Crippen molar-refractivity contribution in [3.63, 3.8) is 0 Å². The summed E-state index contributed by atoms with van der Waals surface area (Å²) >= 11 is 0. The first-order valence-electron chi connectivity index (χ1n) is 6.69. The molecule has 0 aromatic carbocycles. The van der Waals surface area contributed by atoms with Gasteiger partial charge in [-0.05, 0) is 56.4 Å². The Balaban J connectivity index is 2.43. The van der Waals surface area contributed by atoms with Gasteiger partial charge in [-0.15, -0.1) is 0 Å². The highest BCUT2D eigenvalue weighted by Crippen LogP contribution is 2.42. The molecular weight excluding hydrogens is 182 g/mol. The van der Waals surface area contributed by atoms with Crippen molar-refractivity contribution in [2.24, 2.45) is 17.3 Å². The van der Waals surface area contributed by atoms with Gasteiger partial charge >= 0.3 is 0 Å². The highest BCUT2D eigenvalue weighted by atomic mass is 14.9. The monoisotopic (exact) mass is 211 g/mol. The van der Waals surface area contributed by atoms with Gasteiger partial charge in [-0.1, -0.05) is 27.7 Å². The van der Waals surface area contributed by atoms with E-state index in [0.29, 0.717) is 11.5 Å². The maximum Gasteiger partial charge on any atom is 0.00695 e. The minimum Gasteiger partial charge on any atom is -0.314 e. The zero-order chi connectivity index (χ0) is 11.5. The molecule has 1 nitrogen and oxygen atoms in total. The standard InChI is InChI=1S/C14H29N/c1-6-9-15-12(3)13-7-8-14(4,5)10-11(13)2/h11-13,15H,6-10H2,1-5H3. The summed E-state index contributed by atoms with van der Waals surface area (Å²) in [7, 11) is 0. The maximum absolute atomic E-state index is 3.66. The molecule has 0 heterocycles. The third kappa shape index (κ3) is 3.79. The average Bonchev–Trinajstić information content (AvgIpc) is 2.12. The molecule has 0 aromatic rings. The Morgan fingerprint density at radius 1 is 1.40 bits per heavy atom. The predicted molar refractivity (Wildman–Crippen MR) is 68.0 cm³/mol. The molecule has 1 heteroatoms. The largest absolute Gasteiger partial charge is 0.314 e. The molecule has 0 radical (unpaired) electrons. The van der Waals surface area contributed by atoms with Gasteiger partial charge in [-0.2, -0.15) is 0 Å². The van der Waals surface area contributed by atoms with Crippen LogP contribution in [0.3, 0.4) is 0 Å². The van der Waals surface area contributed by atoms with E-state index >= 15 is 0 Å². The van der Waals surface area contributed by atoms with Gasteiger partial charge in [0, 0.05) is 6.04 Å². The molecular formula is C14H29N. The van der Waals surface area contributed by atoms with E-state index in [4.69, 9.17) is 0 Å². The molecule has 3 atom stereocenters. The topological polar surface area (TPSA) is 12.0 Å². The van der Waals surface area contributed by atoms with Gasteiger partial charge in [-0.3, -0.25) is 0 Å². The second-order valence-corrected chi connectivity index (χ2v) is 6.29. The number of hydrogen-bond acceptors (Lipinski definition) is 1. The quantitative estimate of drug-likeness (QED) is 0.745. The Morgan fingerprint density at radius 2 is 2.07 bits per heavy atom. The van der Waals surface area contributed by atoms with Crippen molar-refractivity contribution in [3.8, 4) is 0 Å². The van der Waals surface area contributed by atoms with Crippen LogP contribution in [0.5, 0.6) is 0 Å². The van der Waals surface area contributed by atoms with Gasteiger partial charge in [0.1, 0.15) is 0 Å². The van der Waals surface area contributed by atoms with E-state index in [2.05, 4.69) is 39.9 Å². The molecule has 1 aliphatic rings. The average molecular weight is 211 g/mol. The lowest BCUT2D eigenvalue weighted by Gasteiger charge is -2.42. The number of nitrogens with one attached hydrogen (secondary N) is 1. The maximum atomic E-state index is 3.66. The van der Waals surface area contributed by atoms with Crippen molar-refractivity contribution < 1.29 is 0 Å². The molecule has 15 heavy (non-hydrogen) atoms. The molecule has 0 spiro atoms. The van der Waals surface area contributed by atoms with Crippen LogP contribution in [0.2, 0.25) is 0 Å². The zero-order valence-electron chi connectivity index (χ0n) is 11.3. The zero-order valence-corrected chi connectivity index (χ0v) is 11.3. The molecule has 1 fully saturated rings. The second kappa shape index (κ2) is 5.34. The van der Waals surface area contributed by atoms with Crippen molar-refractivity contribution in [3.05, 3.63) is 0 Å². The number of hydrogen-bond donors (Lipinski definition) is 1. The summed E-state index contributed by atoms with van der Waals surface area (Å²) in [5.74, 6) is 1.78. The fraction of sp³-hybridized carbons (Fsp3) is 1.00. The summed E-state index contributed by atoms with van der Waals surface area (Å²) in [5.41, 5.74) is 0.584. The Morgan fingerprint density at radius 3 is 2.60 bits per heavy atom. The van der Waals surface area contributed by atoms with E-state index < -0.39 is 0 Å². The van der Waals surface area contributed by atoms with Crippen LogP contribution in [0.25, 0.3) is 0 Å². The molecule has 3 unspecified atom stereocenters. The van der Waals surface area contributed by atoms with Gasteiger partial charge in [-0.25, -0.2) is 0 Å². The minimum absolute atomic E-state index is 0.584. The van der Waals surface area contributed by atoms with Crippen molar-refractivity contribution in [1.29, 1.82) is 0 Å². The fourth-order valence-electron chi connectivity index (χ4n) is 3.23. The third-order valence-corrected chi connectivity index (χ3v) is 4.12. The van der Waals surface area contributed by atoms with Crippen LogP contribution in [0.4, 0.5) is 0 Å². The molecule has 1 saturated carbocycles. The van der Waals surface area contributed by atoms with Crippen LogP contribution in [0.1, 0.15) is 60.3 Å². The van der Waals surface area contributed by atoms with Crippen molar-refractivity contribution >= 4 is 0 Å². The van der Waals surface area contributed by atoms with Crippen LogP contribution in [-0.2, 0) is 0 Å². The lowest BCUT2D eigenvalue weighted by molar-refractivity contribution is 0.106. The van der Waals surface area contributed by atoms with E-state index in [1.54, 1.807) is 0 Å². The number of rotatable bonds is 4. The van der Waals surface area contributed by atoms with Crippen LogP contribution in [0, 0.1) is 17.3 Å². The Labute approximate surface area is 96.0 Å². The van der Waals surface area contributed by atoms with E-state index in [0.717, 1.165) is 11.8 Å². The first-order valence-corrected chi connectivity index (χ1v) is 6.69. The highest BCUT2D eigenvalue weighted by Gasteiger charge is 2.34. The summed E-state index contributed by atoms with van der Waals surface area (Å²) < 4.78 is 0. The summed E-state index contributed by atoms with van der Waals surface area (Å²) in [5, 5.41) is 3.66. The summed E-state index contributed by atoms with van der Waals surface area (Å²) in [6.07, 6.45) is 5.46. The molecule has 1 aliphatic carbocycles. The van der Waals surface area contributed by atoms with Crippen molar-refractivity contribution in [1.82, 2.24) is 5.32 Å². The van der Waals surface area contributed by atoms with Crippen LogP contribution in [0.15, 0.2) is 0 Å². The first-order chi connectivity index (χ1) is 6.96. The summed E-state index contributed by atoms with van der Waals surface area (Å²) in [4.78, 5) is 0. The van der Waals surface area contributed by atoms with E-state index in [1.807, 2.05) is 0 Å². The summed E-state index contributed by atoms with van der Waals surface area (Å²) in [6, 6.07) is 0.705. The van der Waals surface area contributed by atoms with Gasteiger partial charge in [0.2, 0.25) is 0 Å². The molecule has 0 aliphatic heterocycles. The SMILES string of the molecule is CCCNC(C)C1CCC(C)(C)CC1C. The van der Waals surface area contributed by atoms with Crippen LogP contribution >= 0.6 is 0 Å². The fourth-order valence-corrected chi connectivity index (χ4v) is 3.23. The normalized spacial score (nSPS) is 32.6. The van der Waals surface area contributed by atoms with Crippen molar-refractivity contribution in [2.45, 2.75) is 66.3 Å². The van der Waals surface area contributed by atoms with Crippen LogP contribution in [-0.4, -0.2) is 12.6 Å². The third-order valence-electron chi connectivity index (χ3n) is 4.12. The van der Waals surface area contributed by atoms with E-state index in [-0.39, 0.29) is 0 Å².